The quantitative estimate of drug-likeness (QED) is 0.837. The average molecular weight is 250 g/mol. The Morgan fingerprint density at radius 1 is 1.44 bits per heavy atom. The maximum absolute atomic E-state index is 4.47. The lowest BCUT2D eigenvalue weighted by molar-refractivity contribution is 0.257. The molecule has 1 aromatic heterocycles. The molecule has 0 radical (unpaired) electrons. The Morgan fingerprint density at radius 3 is 3.00 bits per heavy atom. The normalized spacial score (nSPS) is 24.8. The predicted molar refractivity (Wildman–Crippen MR) is 74.5 cm³/mol. The van der Waals surface area contributed by atoms with Crippen LogP contribution in [-0.2, 0) is 6.54 Å². The monoisotopic (exact) mass is 250 g/mol. The highest BCUT2D eigenvalue weighted by Gasteiger charge is 2.34. The second kappa shape index (κ2) is 6.34. The zero-order chi connectivity index (χ0) is 13.0. The molecule has 18 heavy (non-hydrogen) atoms. The number of nitrogens with one attached hydrogen (secondary N) is 1. The van der Waals surface area contributed by atoms with Crippen molar-refractivity contribution in [2.45, 2.75) is 39.3 Å². The third kappa shape index (κ3) is 2.75. The number of hydrogen-bond donors (Lipinski definition) is 1. The molecule has 0 spiro atoms. The highest BCUT2D eigenvalue weighted by atomic mass is 15.3. The summed E-state index contributed by atoms with van der Waals surface area (Å²) in [6, 6.07) is 2.72. The fraction of sp³-hybridized carbons (Fsp3) is 0.786. The van der Waals surface area contributed by atoms with Crippen LogP contribution < -0.4 is 5.32 Å². The van der Waals surface area contributed by atoms with Gasteiger partial charge in [-0.1, -0.05) is 13.8 Å². The van der Waals surface area contributed by atoms with Gasteiger partial charge in [0, 0.05) is 12.7 Å². The molecule has 0 saturated carbocycles. The van der Waals surface area contributed by atoms with Crippen LogP contribution >= 0.6 is 0 Å². The molecule has 2 atom stereocenters. The standard InChI is InChI=1S/C14H26N4/c1-4-9-18-13(6-8-16-18)14-12(11-15-5-2)7-10-17(14)3/h6,8,12,14-15H,4-5,7,9-11H2,1-3H3. The van der Waals surface area contributed by atoms with Crippen molar-refractivity contribution in [2.75, 3.05) is 26.7 Å². The van der Waals surface area contributed by atoms with Gasteiger partial charge < -0.3 is 5.32 Å². The molecule has 1 aliphatic rings. The zero-order valence-electron chi connectivity index (χ0n) is 11.9. The SMILES string of the molecule is CCCn1nccc1C1C(CNCC)CCN1C. The highest BCUT2D eigenvalue weighted by Crippen LogP contribution is 2.35. The summed E-state index contributed by atoms with van der Waals surface area (Å²) in [6.45, 7) is 8.78. The van der Waals surface area contributed by atoms with E-state index in [9.17, 15) is 0 Å². The van der Waals surface area contributed by atoms with E-state index in [-0.39, 0.29) is 0 Å². The Kier molecular flexibility index (Phi) is 4.78. The lowest BCUT2D eigenvalue weighted by atomic mass is 9.97. The van der Waals surface area contributed by atoms with Crippen molar-refractivity contribution < 1.29 is 0 Å². The lowest BCUT2D eigenvalue weighted by Crippen LogP contribution is -2.30. The summed E-state index contributed by atoms with van der Waals surface area (Å²) in [4.78, 5) is 2.48. The van der Waals surface area contributed by atoms with Crippen LogP contribution in [0.5, 0.6) is 0 Å². The maximum atomic E-state index is 4.47. The van der Waals surface area contributed by atoms with Crippen LogP contribution in [0.4, 0.5) is 0 Å². The van der Waals surface area contributed by atoms with Crippen molar-refractivity contribution in [1.29, 1.82) is 0 Å². The van der Waals surface area contributed by atoms with Gasteiger partial charge in [-0.15, -0.1) is 0 Å². The van der Waals surface area contributed by atoms with Gasteiger partial charge in [0.25, 0.3) is 0 Å². The molecule has 4 heteroatoms. The first-order valence-electron chi connectivity index (χ1n) is 7.20. The van der Waals surface area contributed by atoms with E-state index in [1.165, 1.54) is 18.7 Å². The summed E-state index contributed by atoms with van der Waals surface area (Å²) in [5.74, 6) is 0.710. The molecule has 1 fully saturated rings. The molecular weight excluding hydrogens is 224 g/mol. The van der Waals surface area contributed by atoms with Gasteiger partial charge in [0.05, 0.1) is 11.7 Å². The van der Waals surface area contributed by atoms with Crippen LogP contribution in [0.3, 0.4) is 0 Å². The number of rotatable bonds is 6. The van der Waals surface area contributed by atoms with Crippen molar-refractivity contribution in [3.05, 3.63) is 18.0 Å². The van der Waals surface area contributed by atoms with E-state index in [1.807, 2.05) is 6.20 Å². The summed E-state index contributed by atoms with van der Waals surface area (Å²) in [5, 5.41) is 7.97. The van der Waals surface area contributed by atoms with E-state index in [0.717, 1.165) is 26.1 Å². The summed E-state index contributed by atoms with van der Waals surface area (Å²) in [6.07, 6.45) is 4.37. The van der Waals surface area contributed by atoms with Gasteiger partial charge >= 0.3 is 0 Å². The van der Waals surface area contributed by atoms with E-state index in [4.69, 9.17) is 0 Å². The first-order chi connectivity index (χ1) is 8.77. The Morgan fingerprint density at radius 2 is 2.28 bits per heavy atom. The van der Waals surface area contributed by atoms with Crippen molar-refractivity contribution in [3.63, 3.8) is 0 Å². The van der Waals surface area contributed by atoms with Gasteiger partial charge in [-0.05, 0) is 51.5 Å². The van der Waals surface area contributed by atoms with Crippen LogP contribution in [0.1, 0.15) is 38.4 Å². The Labute approximate surface area is 110 Å². The number of aryl methyl sites for hydroxylation is 1. The first kappa shape index (κ1) is 13.6. The Bertz CT molecular complexity index is 360. The Balaban J connectivity index is 2.14. The Hall–Kier alpha value is -0.870. The van der Waals surface area contributed by atoms with E-state index < -0.39 is 0 Å². The molecule has 1 saturated heterocycles. The molecule has 4 nitrogen and oxygen atoms in total. The predicted octanol–water partition coefficient (Wildman–Crippen LogP) is 1.90. The van der Waals surface area contributed by atoms with Crippen LogP contribution in [0, 0.1) is 5.92 Å². The van der Waals surface area contributed by atoms with Gasteiger partial charge in [-0.25, -0.2) is 0 Å². The number of aromatic nitrogens is 2. The molecule has 2 heterocycles. The van der Waals surface area contributed by atoms with Crippen molar-refractivity contribution in [3.8, 4) is 0 Å². The summed E-state index contributed by atoms with van der Waals surface area (Å²) in [7, 11) is 2.24. The minimum absolute atomic E-state index is 0.526. The third-order valence-electron chi connectivity index (χ3n) is 3.92. The molecule has 2 unspecified atom stereocenters. The maximum Gasteiger partial charge on any atom is 0.0559 e. The van der Waals surface area contributed by atoms with Gasteiger partial charge in [0.1, 0.15) is 0 Å². The molecule has 0 aromatic carbocycles. The van der Waals surface area contributed by atoms with E-state index in [1.54, 1.807) is 0 Å². The molecule has 2 rings (SSSR count). The lowest BCUT2D eigenvalue weighted by Gasteiger charge is -2.26. The van der Waals surface area contributed by atoms with Crippen LogP contribution in [0.15, 0.2) is 12.3 Å². The van der Waals surface area contributed by atoms with Crippen molar-refractivity contribution in [2.24, 2.45) is 5.92 Å². The molecule has 0 amide bonds. The van der Waals surface area contributed by atoms with E-state index in [2.05, 4.69) is 47.0 Å². The fourth-order valence-electron chi connectivity index (χ4n) is 3.03. The smallest absolute Gasteiger partial charge is 0.0559 e. The van der Waals surface area contributed by atoms with E-state index >= 15 is 0 Å². The molecule has 1 aliphatic heterocycles. The van der Waals surface area contributed by atoms with E-state index in [0.29, 0.717) is 12.0 Å². The summed E-state index contributed by atoms with van der Waals surface area (Å²) in [5.41, 5.74) is 1.39. The average Bonchev–Trinajstić information content (AvgIpc) is 2.94. The van der Waals surface area contributed by atoms with Gasteiger partial charge in [-0.2, -0.15) is 5.10 Å². The molecule has 1 aromatic rings. The topological polar surface area (TPSA) is 33.1 Å². The van der Waals surface area contributed by atoms with Gasteiger partial charge in [0.2, 0.25) is 0 Å². The molecule has 1 N–H and O–H groups in total. The zero-order valence-corrected chi connectivity index (χ0v) is 11.9. The fourth-order valence-corrected chi connectivity index (χ4v) is 3.03. The minimum atomic E-state index is 0.526. The second-order valence-corrected chi connectivity index (χ2v) is 5.26. The van der Waals surface area contributed by atoms with Gasteiger partial charge in [-0.3, -0.25) is 9.58 Å². The summed E-state index contributed by atoms with van der Waals surface area (Å²) < 4.78 is 2.19. The van der Waals surface area contributed by atoms with Crippen LogP contribution in [-0.4, -0.2) is 41.4 Å². The largest absolute Gasteiger partial charge is 0.317 e. The number of nitrogens with zero attached hydrogens (tertiary/aromatic N) is 3. The second-order valence-electron chi connectivity index (χ2n) is 5.26. The minimum Gasteiger partial charge on any atom is -0.317 e. The van der Waals surface area contributed by atoms with Crippen molar-refractivity contribution >= 4 is 0 Å². The first-order valence-corrected chi connectivity index (χ1v) is 7.20. The van der Waals surface area contributed by atoms with Crippen LogP contribution in [0.2, 0.25) is 0 Å². The molecule has 0 aliphatic carbocycles. The summed E-state index contributed by atoms with van der Waals surface area (Å²) >= 11 is 0. The number of likely N-dealkylation sites (tertiary alicyclic amines) is 1. The van der Waals surface area contributed by atoms with Gasteiger partial charge in [0.15, 0.2) is 0 Å². The third-order valence-corrected chi connectivity index (χ3v) is 3.92. The molecule has 0 bridgehead atoms. The van der Waals surface area contributed by atoms with Crippen LogP contribution in [0.25, 0.3) is 0 Å². The molecular formula is C14H26N4. The van der Waals surface area contributed by atoms with Crippen molar-refractivity contribution in [1.82, 2.24) is 20.0 Å². The highest BCUT2D eigenvalue weighted by molar-refractivity contribution is 5.11. The number of hydrogen-bond acceptors (Lipinski definition) is 3. The molecule has 102 valence electrons.